The van der Waals surface area contributed by atoms with Crippen LogP contribution < -0.4 is 11.1 Å². The van der Waals surface area contributed by atoms with Crippen molar-refractivity contribution in [3.63, 3.8) is 0 Å². The molecule has 0 fully saturated rings. The summed E-state index contributed by atoms with van der Waals surface area (Å²) in [6.45, 7) is 1.05. The number of carbonyl (C=O) groups excluding carboxylic acids is 2. The third-order valence-corrected chi connectivity index (χ3v) is 6.09. The summed E-state index contributed by atoms with van der Waals surface area (Å²) in [5.41, 5.74) is 11.2. The van der Waals surface area contributed by atoms with E-state index < -0.39 is 0 Å². The second kappa shape index (κ2) is 8.79. The van der Waals surface area contributed by atoms with Crippen LogP contribution in [0.25, 0.3) is 10.8 Å². The summed E-state index contributed by atoms with van der Waals surface area (Å²) in [5, 5.41) is 5.08. The largest absolute Gasteiger partial charge is 0.399 e. The molecule has 4 aromatic carbocycles. The van der Waals surface area contributed by atoms with Crippen LogP contribution in [0, 0.1) is 0 Å². The van der Waals surface area contributed by atoms with E-state index in [1.54, 1.807) is 12.1 Å². The molecule has 0 saturated carbocycles. The molecule has 0 aromatic heterocycles. The molecule has 33 heavy (non-hydrogen) atoms. The number of nitrogen functional groups attached to an aromatic ring is 1. The van der Waals surface area contributed by atoms with Crippen LogP contribution in [0.5, 0.6) is 0 Å². The maximum absolute atomic E-state index is 13.0. The second-order valence-electron chi connectivity index (χ2n) is 8.37. The number of anilines is 2. The summed E-state index contributed by atoms with van der Waals surface area (Å²) in [4.78, 5) is 27.3. The van der Waals surface area contributed by atoms with Gasteiger partial charge < -0.3 is 11.1 Å². The summed E-state index contributed by atoms with van der Waals surface area (Å²) in [7, 11) is 0. The minimum atomic E-state index is -0.212. The standard InChI is InChI=1S/C28H25N3O2/c29-22-12-8-19(9-13-22)18-20-10-14-23(15-11-20)30-16-3-17-31-27(32)24-6-1-4-21-5-2-7-25(26(21)24)28(31)33/h1-2,4-15,30H,3,16-18,29H2. The maximum Gasteiger partial charge on any atom is 0.261 e. The Morgan fingerprint density at radius 2 is 1.30 bits per heavy atom. The van der Waals surface area contributed by atoms with E-state index in [-0.39, 0.29) is 11.8 Å². The lowest BCUT2D eigenvalue weighted by atomic mass is 9.94. The molecule has 0 saturated heterocycles. The van der Waals surface area contributed by atoms with E-state index >= 15 is 0 Å². The van der Waals surface area contributed by atoms with Crippen LogP contribution in [0.3, 0.4) is 0 Å². The summed E-state index contributed by atoms with van der Waals surface area (Å²) >= 11 is 0. The van der Waals surface area contributed by atoms with Crippen LogP contribution in [-0.2, 0) is 6.42 Å². The van der Waals surface area contributed by atoms with Gasteiger partial charge in [-0.3, -0.25) is 14.5 Å². The molecule has 164 valence electrons. The first-order valence-electron chi connectivity index (χ1n) is 11.2. The Labute approximate surface area is 192 Å². The van der Waals surface area contributed by atoms with Crippen LogP contribution >= 0.6 is 0 Å². The molecule has 0 aliphatic carbocycles. The average Bonchev–Trinajstić information content (AvgIpc) is 2.84. The van der Waals surface area contributed by atoms with Crippen molar-refractivity contribution in [1.29, 1.82) is 0 Å². The van der Waals surface area contributed by atoms with E-state index in [1.165, 1.54) is 16.0 Å². The van der Waals surface area contributed by atoms with Gasteiger partial charge in [0.25, 0.3) is 11.8 Å². The van der Waals surface area contributed by atoms with E-state index in [4.69, 9.17) is 5.73 Å². The SMILES string of the molecule is Nc1ccc(Cc2ccc(NCCCN3C(=O)c4cccc5cccc(c45)C3=O)cc2)cc1. The highest BCUT2D eigenvalue weighted by molar-refractivity contribution is 6.25. The van der Waals surface area contributed by atoms with Gasteiger partial charge in [-0.2, -0.15) is 0 Å². The zero-order chi connectivity index (χ0) is 22.8. The number of nitrogens with two attached hydrogens (primary N) is 1. The number of amides is 2. The summed E-state index contributed by atoms with van der Waals surface area (Å²) < 4.78 is 0. The lowest BCUT2D eigenvalue weighted by molar-refractivity contribution is 0.0610. The number of benzene rings is 4. The zero-order valence-corrected chi connectivity index (χ0v) is 18.3. The van der Waals surface area contributed by atoms with E-state index in [9.17, 15) is 9.59 Å². The van der Waals surface area contributed by atoms with Gasteiger partial charge in [0.15, 0.2) is 0 Å². The first-order valence-corrected chi connectivity index (χ1v) is 11.2. The van der Waals surface area contributed by atoms with Crippen LogP contribution in [-0.4, -0.2) is 29.8 Å². The molecule has 5 heteroatoms. The Kier molecular flexibility index (Phi) is 5.53. The number of imide groups is 1. The Hall–Kier alpha value is -4.12. The fraction of sp³-hybridized carbons (Fsp3) is 0.143. The van der Waals surface area contributed by atoms with Gasteiger partial charge in [-0.1, -0.05) is 48.5 Å². The van der Waals surface area contributed by atoms with Crippen molar-refractivity contribution in [3.05, 3.63) is 107 Å². The number of rotatable bonds is 7. The van der Waals surface area contributed by atoms with Crippen LogP contribution in [0.4, 0.5) is 11.4 Å². The molecule has 3 N–H and O–H groups in total. The summed E-state index contributed by atoms with van der Waals surface area (Å²) in [6.07, 6.45) is 1.52. The lowest BCUT2D eigenvalue weighted by Crippen LogP contribution is -2.41. The molecule has 0 bridgehead atoms. The highest BCUT2D eigenvalue weighted by Gasteiger charge is 2.31. The van der Waals surface area contributed by atoms with Crippen molar-refractivity contribution in [2.75, 3.05) is 24.1 Å². The number of carbonyl (C=O) groups is 2. The maximum atomic E-state index is 13.0. The molecule has 1 aliphatic heterocycles. The molecule has 0 atom stereocenters. The van der Waals surface area contributed by atoms with E-state index in [0.29, 0.717) is 30.6 Å². The topological polar surface area (TPSA) is 75.4 Å². The van der Waals surface area contributed by atoms with Gasteiger partial charge in [0.05, 0.1) is 0 Å². The number of nitrogens with zero attached hydrogens (tertiary/aromatic N) is 1. The lowest BCUT2D eigenvalue weighted by Gasteiger charge is -2.27. The molecule has 5 rings (SSSR count). The minimum absolute atomic E-state index is 0.212. The van der Waals surface area contributed by atoms with E-state index in [1.807, 2.05) is 48.5 Å². The van der Waals surface area contributed by atoms with Crippen molar-refractivity contribution in [1.82, 2.24) is 4.90 Å². The van der Waals surface area contributed by atoms with Crippen LogP contribution in [0.15, 0.2) is 84.9 Å². The van der Waals surface area contributed by atoms with Crippen LogP contribution in [0.2, 0.25) is 0 Å². The van der Waals surface area contributed by atoms with Gasteiger partial charge in [0.1, 0.15) is 0 Å². The molecule has 5 nitrogen and oxygen atoms in total. The average molecular weight is 436 g/mol. The first-order chi connectivity index (χ1) is 16.1. The summed E-state index contributed by atoms with van der Waals surface area (Å²) in [5.74, 6) is -0.423. The van der Waals surface area contributed by atoms with Crippen molar-refractivity contribution in [2.45, 2.75) is 12.8 Å². The van der Waals surface area contributed by atoms with Gasteiger partial charge in [0, 0.05) is 41.0 Å². The molecule has 2 amide bonds. The number of hydrogen-bond acceptors (Lipinski definition) is 4. The van der Waals surface area contributed by atoms with Crippen molar-refractivity contribution in [2.24, 2.45) is 0 Å². The predicted molar refractivity (Wildman–Crippen MR) is 133 cm³/mol. The minimum Gasteiger partial charge on any atom is -0.399 e. The molecule has 4 aromatic rings. The normalized spacial score (nSPS) is 12.9. The van der Waals surface area contributed by atoms with Crippen molar-refractivity contribution < 1.29 is 9.59 Å². The molecule has 0 radical (unpaired) electrons. The van der Waals surface area contributed by atoms with Gasteiger partial charge in [-0.05, 0) is 65.8 Å². The quantitative estimate of drug-likeness (QED) is 0.240. The zero-order valence-electron chi connectivity index (χ0n) is 18.3. The highest BCUT2D eigenvalue weighted by Crippen LogP contribution is 2.30. The summed E-state index contributed by atoms with van der Waals surface area (Å²) in [6, 6.07) is 27.5. The first kappa shape index (κ1) is 20.8. The third-order valence-electron chi connectivity index (χ3n) is 6.09. The van der Waals surface area contributed by atoms with Gasteiger partial charge in [-0.15, -0.1) is 0 Å². The van der Waals surface area contributed by atoms with Gasteiger partial charge in [0.2, 0.25) is 0 Å². The molecular weight excluding hydrogens is 410 g/mol. The molecule has 0 unspecified atom stereocenters. The third kappa shape index (κ3) is 4.17. The molecule has 1 heterocycles. The molecular formula is C28H25N3O2. The predicted octanol–water partition coefficient (Wildman–Crippen LogP) is 5.11. The molecule has 1 aliphatic rings. The Morgan fingerprint density at radius 3 is 1.91 bits per heavy atom. The fourth-order valence-corrected chi connectivity index (χ4v) is 4.37. The Morgan fingerprint density at radius 1 is 0.727 bits per heavy atom. The fourth-order valence-electron chi connectivity index (χ4n) is 4.37. The van der Waals surface area contributed by atoms with Gasteiger partial charge in [-0.25, -0.2) is 0 Å². The Balaban J connectivity index is 1.17. The number of hydrogen-bond donors (Lipinski definition) is 2. The monoisotopic (exact) mass is 435 g/mol. The molecule has 0 spiro atoms. The van der Waals surface area contributed by atoms with E-state index in [2.05, 4.69) is 29.6 Å². The van der Waals surface area contributed by atoms with E-state index in [0.717, 1.165) is 28.6 Å². The Bertz CT molecular complexity index is 1280. The number of nitrogens with one attached hydrogen (secondary N) is 1. The highest BCUT2D eigenvalue weighted by atomic mass is 16.2. The van der Waals surface area contributed by atoms with Crippen molar-refractivity contribution in [3.8, 4) is 0 Å². The smallest absolute Gasteiger partial charge is 0.261 e. The van der Waals surface area contributed by atoms with Gasteiger partial charge >= 0.3 is 0 Å². The van der Waals surface area contributed by atoms with Crippen molar-refractivity contribution >= 4 is 34.0 Å². The van der Waals surface area contributed by atoms with Crippen LogP contribution in [0.1, 0.15) is 38.3 Å². The second-order valence-corrected chi connectivity index (χ2v) is 8.37.